The van der Waals surface area contributed by atoms with E-state index in [1.165, 1.54) is 0 Å². The highest BCUT2D eigenvalue weighted by Gasteiger charge is 2.14. The molecule has 0 heterocycles. The number of hydrogen-bond acceptors (Lipinski definition) is 3. The fraction of sp³-hybridized carbons (Fsp3) is 0.500. The van der Waals surface area contributed by atoms with E-state index in [1.807, 2.05) is 36.4 Å². The van der Waals surface area contributed by atoms with Crippen LogP contribution in [0.5, 0.6) is 0 Å². The van der Waals surface area contributed by atoms with E-state index in [9.17, 15) is 4.79 Å². The van der Waals surface area contributed by atoms with Crippen molar-refractivity contribution in [2.24, 2.45) is 17.8 Å². The van der Waals surface area contributed by atoms with Crippen LogP contribution in [-0.2, 0) is 20.9 Å². The molecule has 2 atom stereocenters. The topological polar surface area (TPSA) is 35.5 Å². The zero-order chi connectivity index (χ0) is 17.9. The first kappa shape index (κ1) is 19.6. The molecule has 0 aromatic heterocycles. The Morgan fingerprint density at radius 3 is 2.68 bits per heavy atom. The monoisotopic (exact) mass is 342 g/mol. The van der Waals surface area contributed by atoms with Crippen molar-refractivity contribution in [1.29, 1.82) is 0 Å². The summed E-state index contributed by atoms with van der Waals surface area (Å²) >= 11 is 0. The molecule has 2 unspecified atom stereocenters. The number of allylic oxidation sites excluding steroid dienone is 3. The van der Waals surface area contributed by atoms with E-state index in [1.54, 1.807) is 6.08 Å². The molecule has 1 aliphatic carbocycles. The van der Waals surface area contributed by atoms with Crippen molar-refractivity contribution in [2.75, 3.05) is 13.4 Å². The first-order chi connectivity index (χ1) is 12.1. The standard InChI is InChI=1S/C22H30O3/c1-18(2)21-12-11-20(9-6-10-22(23)14-13-21)16-25-17-24-15-19-7-4-3-5-8-19/h3-8,10-12,18,20-21H,9,13-17H2,1-2H3. The smallest absolute Gasteiger partial charge is 0.155 e. The summed E-state index contributed by atoms with van der Waals surface area (Å²) in [6.07, 6.45) is 10.6. The quantitative estimate of drug-likeness (QED) is 0.400. The number of carbonyl (C=O) groups excluding carboxylic acids is 1. The van der Waals surface area contributed by atoms with Crippen LogP contribution in [0, 0.1) is 17.8 Å². The average molecular weight is 342 g/mol. The molecule has 2 rings (SSSR count). The zero-order valence-electron chi connectivity index (χ0n) is 15.4. The summed E-state index contributed by atoms with van der Waals surface area (Å²) in [5, 5.41) is 0. The third-order valence-electron chi connectivity index (χ3n) is 4.56. The second-order valence-corrected chi connectivity index (χ2v) is 7.02. The summed E-state index contributed by atoms with van der Waals surface area (Å²) in [5.74, 6) is 1.51. The predicted octanol–water partition coefficient (Wildman–Crippen LogP) is 4.93. The Bertz CT molecular complexity index is 560. The van der Waals surface area contributed by atoms with Crippen molar-refractivity contribution in [2.45, 2.75) is 39.7 Å². The van der Waals surface area contributed by atoms with Crippen LogP contribution in [0.4, 0.5) is 0 Å². The van der Waals surface area contributed by atoms with Gasteiger partial charge in [-0.2, -0.15) is 0 Å². The van der Waals surface area contributed by atoms with E-state index in [2.05, 4.69) is 26.0 Å². The first-order valence-electron chi connectivity index (χ1n) is 9.22. The molecule has 0 saturated heterocycles. The molecule has 0 bridgehead atoms. The van der Waals surface area contributed by atoms with Crippen LogP contribution in [-0.4, -0.2) is 19.2 Å². The van der Waals surface area contributed by atoms with Gasteiger partial charge < -0.3 is 9.47 Å². The Hall–Kier alpha value is -1.71. The lowest BCUT2D eigenvalue weighted by Crippen LogP contribution is -2.13. The first-order valence-corrected chi connectivity index (χ1v) is 9.22. The van der Waals surface area contributed by atoms with Crippen molar-refractivity contribution in [3.8, 4) is 0 Å². The van der Waals surface area contributed by atoms with Crippen LogP contribution in [0.2, 0.25) is 0 Å². The fourth-order valence-corrected chi connectivity index (χ4v) is 2.91. The second-order valence-electron chi connectivity index (χ2n) is 7.02. The summed E-state index contributed by atoms with van der Waals surface area (Å²) in [6.45, 7) is 5.88. The summed E-state index contributed by atoms with van der Waals surface area (Å²) in [6, 6.07) is 10.1. The molecular weight excluding hydrogens is 312 g/mol. The molecule has 0 aliphatic heterocycles. The van der Waals surface area contributed by atoms with Gasteiger partial charge in [0.25, 0.3) is 0 Å². The van der Waals surface area contributed by atoms with Crippen LogP contribution in [0.25, 0.3) is 0 Å². The van der Waals surface area contributed by atoms with Crippen LogP contribution >= 0.6 is 0 Å². The van der Waals surface area contributed by atoms with Gasteiger partial charge in [0.15, 0.2) is 5.78 Å². The summed E-state index contributed by atoms with van der Waals surface area (Å²) < 4.78 is 11.3. The number of hydrogen-bond donors (Lipinski definition) is 0. The van der Waals surface area contributed by atoms with E-state index >= 15 is 0 Å². The van der Waals surface area contributed by atoms with Crippen LogP contribution in [0.15, 0.2) is 54.6 Å². The van der Waals surface area contributed by atoms with E-state index < -0.39 is 0 Å². The maximum absolute atomic E-state index is 11.8. The Morgan fingerprint density at radius 1 is 1.12 bits per heavy atom. The lowest BCUT2D eigenvalue weighted by molar-refractivity contribution is -0.114. The average Bonchev–Trinajstić information content (AvgIpc) is 2.61. The molecule has 1 aromatic carbocycles. The molecular formula is C22H30O3. The van der Waals surface area contributed by atoms with Crippen molar-refractivity contribution in [1.82, 2.24) is 0 Å². The lowest BCUT2D eigenvalue weighted by atomic mass is 9.88. The number of ketones is 1. The summed E-state index contributed by atoms with van der Waals surface area (Å²) in [5.41, 5.74) is 1.14. The molecule has 0 N–H and O–H groups in total. The van der Waals surface area contributed by atoms with Gasteiger partial charge in [0.2, 0.25) is 0 Å². The van der Waals surface area contributed by atoms with Gasteiger partial charge in [-0.3, -0.25) is 4.79 Å². The lowest BCUT2D eigenvalue weighted by Gasteiger charge is -2.19. The highest BCUT2D eigenvalue weighted by molar-refractivity contribution is 5.89. The van der Waals surface area contributed by atoms with Crippen LogP contribution < -0.4 is 0 Å². The zero-order valence-corrected chi connectivity index (χ0v) is 15.4. The Morgan fingerprint density at radius 2 is 1.92 bits per heavy atom. The molecule has 0 fully saturated rings. The number of benzene rings is 1. The summed E-state index contributed by atoms with van der Waals surface area (Å²) in [7, 11) is 0. The minimum atomic E-state index is 0.229. The van der Waals surface area contributed by atoms with Crippen LogP contribution in [0.1, 0.15) is 38.7 Å². The molecule has 3 nitrogen and oxygen atoms in total. The number of ether oxygens (including phenoxy) is 2. The second kappa shape index (κ2) is 11.0. The third-order valence-corrected chi connectivity index (χ3v) is 4.56. The highest BCUT2D eigenvalue weighted by Crippen LogP contribution is 2.22. The molecule has 136 valence electrons. The number of carbonyl (C=O) groups is 1. The van der Waals surface area contributed by atoms with E-state index in [4.69, 9.17) is 9.47 Å². The van der Waals surface area contributed by atoms with E-state index in [-0.39, 0.29) is 18.5 Å². The third kappa shape index (κ3) is 7.80. The normalized spacial score (nSPS) is 21.6. The highest BCUT2D eigenvalue weighted by atomic mass is 16.7. The van der Waals surface area contributed by atoms with Crippen molar-refractivity contribution in [3.63, 3.8) is 0 Å². The SMILES string of the molecule is CC(C)C1C=CC(COCOCc2ccccc2)CC=CC(=O)CC1. The van der Waals surface area contributed by atoms with Crippen molar-refractivity contribution < 1.29 is 14.3 Å². The number of rotatable bonds is 7. The minimum Gasteiger partial charge on any atom is -0.355 e. The maximum atomic E-state index is 11.8. The molecule has 0 spiro atoms. The Kier molecular flexibility index (Phi) is 8.64. The van der Waals surface area contributed by atoms with Gasteiger partial charge >= 0.3 is 0 Å². The molecule has 25 heavy (non-hydrogen) atoms. The Balaban J connectivity index is 1.78. The molecule has 0 saturated carbocycles. The van der Waals surface area contributed by atoms with E-state index in [0.29, 0.717) is 31.5 Å². The minimum absolute atomic E-state index is 0.229. The fourth-order valence-electron chi connectivity index (χ4n) is 2.91. The van der Waals surface area contributed by atoms with Gasteiger partial charge in [-0.15, -0.1) is 0 Å². The van der Waals surface area contributed by atoms with Crippen molar-refractivity contribution >= 4 is 5.78 Å². The van der Waals surface area contributed by atoms with Crippen LogP contribution in [0.3, 0.4) is 0 Å². The van der Waals surface area contributed by atoms with E-state index in [0.717, 1.165) is 18.4 Å². The van der Waals surface area contributed by atoms with Gasteiger partial charge in [0.1, 0.15) is 6.79 Å². The van der Waals surface area contributed by atoms with Crippen molar-refractivity contribution in [3.05, 3.63) is 60.2 Å². The predicted molar refractivity (Wildman–Crippen MR) is 101 cm³/mol. The molecule has 0 radical (unpaired) electrons. The molecule has 1 aromatic rings. The van der Waals surface area contributed by atoms with Gasteiger partial charge in [-0.05, 0) is 36.3 Å². The van der Waals surface area contributed by atoms with Gasteiger partial charge in [-0.1, -0.05) is 62.4 Å². The van der Waals surface area contributed by atoms with Gasteiger partial charge in [0, 0.05) is 12.3 Å². The largest absolute Gasteiger partial charge is 0.355 e. The molecule has 3 heteroatoms. The Labute approximate surface area is 151 Å². The maximum Gasteiger partial charge on any atom is 0.155 e. The van der Waals surface area contributed by atoms with Gasteiger partial charge in [0.05, 0.1) is 13.2 Å². The molecule has 0 amide bonds. The molecule has 1 aliphatic rings. The van der Waals surface area contributed by atoms with Gasteiger partial charge in [-0.25, -0.2) is 0 Å². The summed E-state index contributed by atoms with van der Waals surface area (Å²) in [4.78, 5) is 11.8.